The van der Waals surface area contributed by atoms with Gasteiger partial charge in [0, 0.05) is 27.9 Å². The summed E-state index contributed by atoms with van der Waals surface area (Å²) in [5.41, 5.74) is 5.31. The Balaban J connectivity index is 1.77. The van der Waals surface area contributed by atoms with Gasteiger partial charge in [0.05, 0.1) is 17.0 Å². The molecule has 126 valence electrons. The number of hydrogen-bond donors (Lipinski definition) is 1. The minimum absolute atomic E-state index is 0.0767. The summed E-state index contributed by atoms with van der Waals surface area (Å²) in [6.07, 6.45) is 4.03. The van der Waals surface area contributed by atoms with Crippen LogP contribution in [0.1, 0.15) is 16.1 Å². The number of hydrogen-bond acceptors (Lipinski definition) is 3. The zero-order valence-electron chi connectivity index (χ0n) is 14.1. The molecule has 0 aliphatic carbocycles. The van der Waals surface area contributed by atoms with Crippen LogP contribution in [0.15, 0.2) is 60.8 Å². The lowest BCUT2D eigenvalue weighted by molar-refractivity contribution is -0.110. The highest BCUT2D eigenvalue weighted by molar-refractivity contribution is 7.17. The quantitative estimate of drug-likeness (QED) is 0.521. The Morgan fingerprint density at radius 2 is 1.85 bits per heavy atom. The van der Waals surface area contributed by atoms with E-state index in [0.29, 0.717) is 5.57 Å². The Bertz CT molecular complexity index is 1180. The standard InChI is InChI=1S/C21H15N3OS/c1-13-12-24-18(11-16-15-9-5-6-10-17(15)22-20(16)25)19(23-21(24)26-13)14-7-3-2-4-8-14/h2-12H,1H3,(H,22,25)/b16-11+. The molecular weight excluding hydrogens is 342 g/mol. The molecule has 4 nitrogen and oxygen atoms in total. The van der Waals surface area contributed by atoms with Gasteiger partial charge in [-0.2, -0.15) is 0 Å². The Morgan fingerprint density at radius 1 is 1.08 bits per heavy atom. The summed E-state index contributed by atoms with van der Waals surface area (Å²) in [6.45, 7) is 2.07. The number of aromatic nitrogens is 2. The summed E-state index contributed by atoms with van der Waals surface area (Å²) in [4.78, 5) is 19.5. The molecule has 5 rings (SSSR count). The van der Waals surface area contributed by atoms with Gasteiger partial charge in [0.1, 0.15) is 0 Å². The first-order chi connectivity index (χ1) is 12.7. The third-order valence-corrected chi connectivity index (χ3v) is 5.42. The van der Waals surface area contributed by atoms with E-state index in [2.05, 4.69) is 22.8 Å². The summed E-state index contributed by atoms with van der Waals surface area (Å²) in [5.74, 6) is -0.0767. The molecule has 0 spiro atoms. The van der Waals surface area contributed by atoms with Gasteiger partial charge >= 0.3 is 0 Å². The van der Waals surface area contributed by atoms with Crippen LogP contribution in [0.5, 0.6) is 0 Å². The number of carbonyl (C=O) groups excluding carboxylic acids is 1. The van der Waals surface area contributed by atoms with Crippen LogP contribution < -0.4 is 5.32 Å². The summed E-state index contributed by atoms with van der Waals surface area (Å²) in [6, 6.07) is 17.9. The second-order valence-electron chi connectivity index (χ2n) is 6.26. The highest BCUT2D eigenvalue weighted by atomic mass is 32.1. The predicted octanol–water partition coefficient (Wildman–Crippen LogP) is 4.86. The molecule has 5 heteroatoms. The van der Waals surface area contributed by atoms with Crippen molar-refractivity contribution in [3.05, 3.63) is 76.9 Å². The van der Waals surface area contributed by atoms with E-state index in [0.717, 1.165) is 33.2 Å². The number of amides is 1. The molecule has 3 heterocycles. The van der Waals surface area contributed by atoms with Crippen LogP contribution in [0.25, 0.3) is 27.9 Å². The SMILES string of the molecule is Cc1cn2c(/C=C3/C(=O)Nc4ccccc43)c(-c3ccccc3)nc2s1. The largest absolute Gasteiger partial charge is 0.321 e. The van der Waals surface area contributed by atoms with Gasteiger partial charge in [0.15, 0.2) is 4.96 Å². The zero-order valence-corrected chi connectivity index (χ0v) is 14.9. The number of carbonyl (C=O) groups is 1. The molecule has 1 aliphatic rings. The van der Waals surface area contributed by atoms with Gasteiger partial charge in [0.2, 0.25) is 0 Å². The molecule has 26 heavy (non-hydrogen) atoms. The van der Waals surface area contributed by atoms with Gasteiger partial charge < -0.3 is 5.32 Å². The third kappa shape index (κ3) is 2.29. The maximum atomic E-state index is 12.5. The number of nitrogens with zero attached hydrogens (tertiary/aromatic N) is 2. The minimum atomic E-state index is -0.0767. The van der Waals surface area contributed by atoms with Crippen molar-refractivity contribution in [1.29, 1.82) is 0 Å². The normalized spacial score (nSPS) is 14.8. The number of fused-ring (bicyclic) bond motifs is 2. The van der Waals surface area contributed by atoms with E-state index in [1.165, 1.54) is 4.88 Å². The lowest BCUT2D eigenvalue weighted by atomic mass is 10.0. The highest BCUT2D eigenvalue weighted by Gasteiger charge is 2.25. The van der Waals surface area contributed by atoms with Crippen molar-refractivity contribution in [2.24, 2.45) is 0 Å². The smallest absolute Gasteiger partial charge is 0.256 e. The van der Waals surface area contributed by atoms with E-state index in [1.54, 1.807) is 11.3 Å². The van der Waals surface area contributed by atoms with E-state index in [4.69, 9.17) is 4.98 Å². The van der Waals surface area contributed by atoms with Crippen LogP contribution in [-0.2, 0) is 4.79 Å². The van der Waals surface area contributed by atoms with Crippen LogP contribution >= 0.6 is 11.3 Å². The van der Waals surface area contributed by atoms with E-state index in [1.807, 2.05) is 60.7 Å². The number of thiazole rings is 1. The first-order valence-electron chi connectivity index (χ1n) is 8.37. The lowest BCUT2D eigenvalue weighted by Crippen LogP contribution is -2.03. The highest BCUT2D eigenvalue weighted by Crippen LogP contribution is 2.36. The molecule has 0 radical (unpaired) electrons. The van der Waals surface area contributed by atoms with Gasteiger partial charge in [-0.25, -0.2) is 4.98 Å². The molecule has 2 aromatic carbocycles. The fraction of sp³-hybridized carbons (Fsp3) is 0.0476. The molecular formula is C21H15N3OS. The van der Waals surface area contributed by atoms with Crippen molar-refractivity contribution in [3.63, 3.8) is 0 Å². The molecule has 0 saturated carbocycles. The number of nitrogens with one attached hydrogen (secondary N) is 1. The fourth-order valence-electron chi connectivity index (χ4n) is 3.34. The van der Waals surface area contributed by atoms with Gasteiger partial charge in [-0.1, -0.05) is 48.5 Å². The van der Waals surface area contributed by atoms with Crippen LogP contribution in [0.3, 0.4) is 0 Å². The van der Waals surface area contributed by atoms with E-state index < -0.39 is 0 Å². The van der Waals surface area contributed by atoms with Crippen LogP contribution in [0.4, 0.5) is 5.69 Å². The Morgan fingerprint density at radius 3 is 2.69 bits per heavy atom. The predicted molar refractivity (Wildman–Crippen MR) is 106 cm³/mol. The van der Waals surface area contributed by atoms with Gasteiger partial charge in [-0.15, -0.1) is 11.3 Å². The molecule has 0 atom stereocenters. The molecule has 1 N–H and O–H groups in total. The van der Waals surface area contributed by atoms with Crippen molar-refractivity contribution >= 4 is 39.5 Å². The minimum Gasteiger partial charge on any atom is -0.321 e. The third-order valence-electron chi connectivity index (χ3n) is 4.52. The Kier molecular flexibility index (Phi) is 3.30. The van der Waals surface area contributed by atoms with E-state index in [-0.39, 0.29) is 5.91 Å². The maximum absolute atomic E-state index is 12.5. The molecule has 0 saturated heterocycles. The molecule has 1 amide bonds. The number of benzene rings is 2. The number of aryl methyl sites for hydroxylation is 1. The summed E-state index contributed by atoms with van der Waals surface area (Å²) >= 11 is 1.65. The summed E-state index contributed by atoms with van der Waals surface area (Å²) in [7, 11) is 0. The van der Waals surface area contributed by atoms with Crippen LogP contribution in [-0.4, -0.2) is 15.3 Å². The topological polar surface area (TPSA) is 46.4 Å². The van der Waals surface area contributed by atoms with Crippen LogP contribution in [0, 0.1) is 6.92 Å². The second kappa shape index (κ2) is 5.68. The molecule has 1 aliphatic heterocycles. The van der Waals surface area contributed by atoms with E-state index >= 15 is 0 Å². The summed E-state index contributed by atoms with van der Waals surface area (Å²) < 4.78 is 2.07. The summed E-state index contributed by atoms with van der Waals surface area (Å²) in [5, 5.41) is 2.94. The fourth-order valence-corrected chi connectivity index (χ4v) is 4.17. The number of anilines is 1. The average molecular weight is 357 g/mol. The molecule has 0 fully saturated rings. The van der Waals surface area contributed by atoms with Crippen molar-refractivity contribution in [2.45, 2.75) is 6.92 Å². The van der Waals surface area contributed by atoms with Gasteiger partial charge in [-0.3, -0.25) is 9.20 Å². The van der Waals surface area contributed by atoms with Crippen LogP contribution in [0.2, 0.25) is 0 Å². The molecule has 4 aromatic rings. The first kappa shape index (κ1) is 15.1. The van der Waals surface area contributed by atoms with Crippen molar-refractivity contribution in [1.82, 2.24) is 9.38 Å². The Labute approximate surface area is 154 Å². The molecule has 0 unspecified atom stereocenters. The molecule has 0 bridgehead atoms. The maximum Gasteiger partial charge on any atom is 0.256 e. The number of para-hydroxylation sites is 1. The second-order valence-corrected chi connectivity index (χ2v) is 7.48. The number of imidazole rings is 1. The zero-order chi connectivity index (χ0) is 17.7. The van der Waals surface area contributed by atoms with Crippen molar-refractivity contribution in [2.75, 3.05) is 5.32 Å². The van der Waals surface area contributed by atoms with Gasteiger partial charge in [-0.05, 0) is 19.1 Å². The number of rotatable bonds is 2. The van der Waals surface area contributed by atoms with Crippen molar-refractivity contribution in [3.8, 4) is 11.3 Å². The first-order valence-corrected chi connectivity index (χ1v) is 9.19. The van der Waals surface area contributed by atoms with Crippen molar-refractivity contribution < 1.29 is 4.79 Å². The van der Waals surface area contributed by atoms with Gasteiger partial charge in [0.25, 0.3) is 5.91 Å². The lowest BCUT2D eigenvalue weighted by Gasteiger charge is -2.02. The molecule has 2 aromatic heterocycles. The average Bonchev–Trinajstić information content (AvgIpc) is 3.27. The van der Waals surface area contributed by atoms with E-state index in [9.17, 15) is 4.79 Å². The Hall–Kier alpha value is -3.18. The monoisotopic (exact) mass is 357 g/mol.